The lowest BCUT2D eigenvalue weighted by molar-refractivity contribution is 0.0698. The molecule has 2 aromatic rings. The number of nitrogen functional groups attached to an aromatic ring is 1. The number of carbonyl (C=O) groups is 1. The number of aryl methyl sites for hydroxylation is 1. The van der Waals surface area contributed by atoms with Gasteiger partial charge in [0.1, 0.15) is 18.7 Å². The van der Waals surface area contributed by atoms with Crippen molar-refractivity contribution in [3.63, 3.8) is 0 Å². The van der Waals surface area contributed by atoms with Gasteiger partial charge in [0.15, 0.2) is 5.82 Å². The zero-order valence-electron chi connectivity index (χ0n) is 9.70. The Hall–Kier alpha value is -2.57. The quantitative estimate of drug-likeness (QED) is 0.771. The summed E-state index contributed by atoms with van der Waals surface area (Å²) in [7, 11) is 1.76. The molecule has 0 aliphatic rings. The second-order valence-electron chi connectivity index (χ2n) is 3.64. The Morgan fingerprint density at radius 3 is 2.89 bits per heavy atom. The molecular formula is C11H12N4O3. The van der Waals surface area contributed by atoms with E-state index in [1.54, 1.807) is 17.8 Å². The van der Waals surface area contributed by atoms with Gasteiger partial charge in [-0.3, -0.25) is 4.68 Å². The maximum Gasteiger partial charge on any atom is 0.337 e. The maximum atomic E-state index is 10.8. The van der Waals surface area contributed by atoms with Crippen molar-refractivity contribution in [2.75, 3.05) is 5.73 Å². The molecule has 0 radical (unpaired) electrons. The smallest absolute Gasteiger partial charge is 0.337 e. The van der Waals surface area contributed by atoms with Crippen molar-refractivity contribution in [2.45, 2.75) is 6.61 Å². The highest BCUT2D eigenvalue weighted by molar-refractivity contribution is 5.93. The average molecular weight is 248 g/mol. The van der Waals surface area contributed by atoms with Crippen LogP contribution in [0.4, 0.5) is 5.69 Å². The third-order valence-electron chi connectivity index (χ3n) is 2.43. The van der Waals surface area contributed by atoms with Crippen LogP contribution in [0, 0.1) is 0 Å². The molecular weight excluding hydrogens is 236 g/mol. The highest BCUT2D eigenvalue weighted by atomic mass is 16.5. The number of carboxylic acids is 1. The van der Waals surface area contributed by atoms with Crippen LogP contribution in [0.25, 0.3) is 0 Å². The van der Waals surface area contributed by atoms with Gasteiger partial charge in [-0.2, -0.15) is 5.10 Å². The summed E-state index contributed by atoms with van der Waals surface area (Å²) >= 11 is 0. The summed E-state index contributed by atoms with van der Waals surface area (Å²) in [6, 6.07) is 4.43. The van der Waals surface area contributed by atoms with Crippen LogP contribution >= 0.6 is 0 Å². The summed E-state index contributed by atoms with van der Waals surface area (Å²) in [6.45, 7) is 0.238. The van der Waals surface area contributed by atoms with Crippen molar-refractivity contribution in [1.29, 1.82) is 0 Å². The molecule has 94 valence electrons. The molecule has 1 aromatic carbocycles. The monoisotopic (exact) mass is 248 g/mol. The van der Waals surface area contributed by atoms with Crippen LogP contribution in [0.5, 0.6) is 5.75 Å². The number of anilines is 1. The summed E-state index contributed by atoms with van der Waals surface area (Å²) in [5.41, 5.74) is 5.83. The van der Waals surface area contributed by atoms with Crippen LogP contribution in [0.2, 0.25) is 0 Å². The summed E-state index contributed by atoms with van der Waals surface area (Å²) in [6.07, 6.45) is 1.43. The molecule has 7 heteroatoms. The summed E-state index contributed by atoms with van der Waals surface area (Å²) in [4.78, 5) is 14.8. The van der Waals surface area contributed by atoms with Crippen LogP contribution in [-0.2, 0) is 13.7 Å². The summed E-state index contributed by atoms with van der Waals surface area (Å²) in [5, 5.41) is 12.7. The third-order valence-corrected chi connectivity index (χ3v) is 2.43. The van der Waals surface area contributed by atoms with Gasteiger partial charge < -0.3 is 15.6 Å². The van der Waals surface area contributed by atoms with Crippen LogP contribution in [-0.4, -0.2) is 25.8 Å². The molecule has 7 nitrogen and oxygen atoms in total. The van der Waals surface area contributed by atoms with Gasteiger partial charge in [0.2, 0.25) is 0 Å². The Balaban J connectivity index is 2.09. The van der Waals surface area contributed by atoms with Gasteiger partial charge in [0.25, 0.3) is 0 Å². The van der Waals surface area contributed by atoms with E-state index in [9.17, 15) is 4.79 Å². The minimum Gasteiger partial charge on any atom is -0.486 e. The van der Waals surface area contributed by atoms with E-state index in [4.69, 9.17) is 15.6 Å². The number of ether oxygens (including phenoxy) is 1. The average Bonchev–Trinajstić information content (AvgIpc) is 2.72. The van der Waals surface area contributed by atoms with Gasteiger partial charge in [-0.25, -0.2) is 9.78 Å². The fourth-order valence-corrected chi connectivity index (χ4v) is 1.42. The Morgan fingerprint density at radius 1 is 1.56 bits per heavy atom. The maximum absolute atomic E-state index is 10.8. The number of benzene rings is 1. The van der Waals surface area contributed by atoms with E-state index in [2.05, 4.69) is 10.1 Å². The largest absolute Gasteiger partial charge is 0.486 e. The van der Waals surface area contributed by atoms with E-state index in [0.29, 0.717) is 11.6 Å². The van der Waals surface area contributed by atoms with Gasteiger partial charge in [-0.1, -0.05) is 0 Å². The first-order valence-corrected chi connectivity index (χ1v) is 5.16. The van der Waals surface area contributed by atoms with Gasteiger partial charge in [-0.05, 0) is 12.1 Å². The molecule has 0 saturated heterocycles. The van der Waals surface area contributed by atoms with Gasteiger partial charge in [0, 0.05) is 18.8 Å². The Labute approximate surface area is 103 Å². The normalized spacial score (nSPS) is 10.3. The van der Waals surface area contributed by atoms with Crippen LogP contribution in [0.3, 0.4) is 0 Å². The van der Waals surface area contributed by atoms with E-state index in [0.717, 1.165) is 0 Å². The molecule has 0 unspecified atom stereocenters. The number of hydrogen-bond donors (Lipinski definition) is 2. The number of aromatic carboxylic acids is 1. The van der Waals surface area contributed by atoms with E-state index < -0.39 is 5.97 Å². The minimum absolute atomic E-state index is 0.0565. The second-order valence-corrected chi connectivity index (χ2v) is 3.64. The van der Waals surface area contributed by atoms with Crippen molar-refractivity contribution in [1.82, 2.24) is 14.8 Å². The molecule has 2 rings (SSSR count). The molecule has 0 aliphatic carbocycles. The number of hydrogen-bond acceptors (Lipinski definition) is 5. The van der Waals surface area contributed by atoms with Gasteiger partial charge >= 0.3 is 5.97 Å². The minimum atomic E-state index is -1.06. The van der Waals surface area contributed by atoms with E-state index in [1.165, 1.54) is 18.5 Å². The SMILES string of the molecule is Cn1ncnc1COc1ccc(C(=O)O)c(N)c1. The first-order chi connectivity index (χ1) is 8.58. The number of aromatic nitrogens is 3. The van der Waals surface area contributed by atoms with Gasteiger partial charge in [0.05, 0.1) is 5.56 Å². The number of nitrogens with two attached hydrogens (primary N) is 1. The number of rotatable bonds is 4. The molecule has 18 heavy (non-hydrogen) atoms. The number of nitrogens with zero attached hydrogens (tertiary/aromatic N) is 3. The third kappa shape index (κ3) is 2.40. The highest BCUT2D eigenvalue weighted by Gasteiger charge is 2.09. The first kappa shape index (κ1) is 11.9. The van der Waals surface area contributed by atoms with E-state index >= 15 is 0 Å². The van der Waals surface area contributed by atoms with E-state index in [-0.39, 0.29) is 17.9 Å². The van der Waals surface area contributed by atoms with Gasteiger partial charge in [-0.15, -0.1) is 0 Å². The molecule has 0 aliphatic heterocycles. The lowest BCUT2D eigenvalue weighted by atomic mass is 10.2. The lowest BCUT2D eigenvalue weighted by Gasteiger charge is -2.07. The first-order valence-electron chi connectivity index (χ1n) is 5.16. The molecule has 0 bridgehead atoms. The van der Waals surface area contributed by atoms with Crippen molar-refractivity contribution in [2.24, 2.45) is 7.05 Å². The molecule has 3 N–H and O–H groups in total. The fourth-order valence-electron chi connectivity index (χ4n) is 1.42. The van der Waals surface area contributed by atoms with Crippen LogP contribution < -0.4 is 10.5 Å². The fraction of sp³-hybridized carbons (Fsp3) is 0.182. The Bertz CT molecular complexity index is 579. The highest BCUT2D eigenvalue weighted by Crippen LogP contribution is 2.20. The Morgan fingerprint density at radius 2 is 2.33 bits per heavy atom. The second kappa shape index (κ2) is 4.74. The van der Waals surface area contributed by atoms with Crippen LogP contribution in [0.1, 0.15) is 16.2 Å². The predicted octanol–water partition coefficient (Wildman–Crippen LogP) is 0.675. The molecule has 0 atom stereocenters. The summed E-state index contributed by atoms with van der Waals surface area (Å²) < 4.78 is 7.04. The zero-order valence-corrected chi connectivity index (χ0v) is 9.70. The van der Waals surface area contributed by atoms with Crippen molar-refractivity contribution >= 4 is 11.7 Å². The number of carboxylic acid groups (broad SMARTS) is 1. The zero-order chi connectivity index (χ0) is 13.1. The van der Waals surface area contributed by atoms with Crippen molar-refractivity contribution in [3.05, 3.63) is 35.9 Å². The van der Waals surface area contributed by atoms with Crippen LogP contribution in [0.15, 0.2) is 24.5 Å². The molecule has 0 spiro atoms. The van der Waals surface area contributed by atoms with E-state index in [1.807, 2.05) is 0 Å². The van der Waals surface area contributed by atoms with Crippen molar-refractivity contribution in [3.8, 4) is 5.75 Å². The predicted molar refractivity (Wildman–Crippen MR) is 63.1 cm³/mol. The topological polar surface area (TPSA) is 103 Å². The van der Waals surface area contributed by atoms with Crippen molar-refractivity contribution < 1.29 is 14.6 Å². The standard InChI is InChI=1S/C11H12N4O3/c1-15-10(13-6-14-15)5-18-7-2-3-8(11(16)17)9(12)4-7/h2-4,6H,5,12H2,1H3,(H,16,17). The molecule has 1 heterocycles. The molecule has 0 fully saturated rings. The molecule has 1 aromatic heterocycles. The Kier molecular flexibility index (Phi) is 3.13. The molecule has 0 saturated carbocycles. The lowest BCUT2D eigenvalue weighted by Crippen LogP contribution is -2.06. The summed E-state index contributed by atoms with van der Waals surface area (Å²) in [5.74, 6) is 0.0868. The molecule has 0 amide bonds.